The Kier molecular flexibility index (Phi) is 4.91. The lowest BCUT2D eigenvalue weighted by molar-refractivity contribution is 0.0983. The van der Waals surface area contributed by atoms with E-state index in [9.17, 15) is 13.6 Å². The summed E-state index contributed by atoms with van der Waals surface area (Å²) in [6.07, 6.45) is 0. The Morgan fingerprint density at radius 3 is 2.27 bits per heavy atom. The molecule has 2 aromatic carbocycles. The topological polar surface area (TPSA) is 20.3 Å². The van der Waals surface area contributed by atoms with Gasteiger partial charge in [0.05, 0.1) is 5.69 Å². The van der Waals surface area contributed by atoms with Gasteiger partial charge in [-0.05, 0) is 37.1 Å². The minimum atomic E-state index is -0.735. The molecule has 0 heterocycles. The predicted octanol–water partition coefficient (Wildman–Crippen LogP) is 4.58. The van der Waals surface area contributed by atoms with E-state index in [1.54, 1.807) is 12.1 Å². The standard InChI is InChI=1S/C18H19F2NO/c1-12(2)11-21(17-9-8-15(19)10-16(17)20)18(22)14-6-4-13(3)5-7-14/h4-10,12H,11H2,1-3H3. The first kappa shape index (κ1) is 16.1. The molecule has 0 aliphatic rings. The Hall–Kier alpha value is -2.23. The molecule has 0 spiro atoms. The maximum Gasteiger partial charge on any atom is 0.258 e. The van der Waals surface area contributed by atoms with Gasteiger partial charge in [-0.25, -0.2) is 8.78 Å². The van der Waals surface area contributed by atoms with E-state index >= 15 is 0 Å². The normalized spacial score (nSPS) is 10.8. The molecule has 0 saturated heterocycles. The van der Waals surface area contributed by atoms with Crippen molar-refractivity contribution in [3.63, 3.8) is 0 Å². The van der Waals surface area contributed by atoms with Crippen LogP contribution in [0.15, 0.2) is 42.5 Å². The molecule has 22 heavy (non-hydrogen) atoms. The molecule has 0 aromatic heterocycles. The van der Waals surface area contributed by atoms with E-state index in [0.717, 1.165) is 17.7 Å². The highest BCUT2D eigenvalue weighted by atomic mass is 19.1. The summed E-state index contributed by atoms with van der Waals surface area (Å²) in [5, 5.41) is 0. The number of aryl methyl sites for hydroxylation is 1. The quantitative estimate of drug-likeness (QED) is 0.810. The SMILES string of the molecule is Cc1ccc(C(=O)N(CC(C)C)c2ccc(F)cc2F)cc1. The Bertz CT molecular complexity index is 665. The lowest BCUT2D eigenvalue weighted by Gasteiger charge is -2.25. The highest BCUT2D eigenvalue weighted by molar-refractivity contribution is 6.06. The van der Waals surface area contributed by atoms with Gasteiger partial charge in [-0.1, -0.05) is 31.5 Å². The third kappa shape index (κ3) is 3.70. The fourth-order valence-corrected chi connectivity index (χ4v) is 2.21. The Morgan fingerprint density at radius 2 is 1.73 bits per heavy atom. The Balaban J connectivity index is 2.41. The van der Waals surface area contributed by atoms with Crippen molar-refractivity contribution in [3.05, 3.63) is 65.2 Å². The van der Waals surface area contributed by atoms with E-state index < -0.39 is 11.6 Å². The molecule has 0 saturated carbocycles. The number of hydrogen-bond donors (Lipinski definition) is 0. The van der Waals surface area contributed by atoms with Gasteiger partial charge < -0.3 is 4.90 Å². The van der Waals surface area contributed by atoms with Crippen molar-refractivity contribution in [2.24, 2.45) is 5.92 Å². The van der Waals surface area contributed by atoms with Gasteiger partial charge in [0, 0.05) is 18.2 Å². The maximum atomic E-state index is 14.1. The summed E-state index contributed by atoms with van der Waals surface area (Å²) in [7, 11) is 0. The molecule has 0 atom stereocenters. The first-order chi connectivity index (χ1) is 10.4. The van der Waals surface area contributed by atoms with Crippen LogP contribution in [0.2, 0.25) is 0 Å². The number of amides is 1. The van der Waals surface area contributed by atoms with Gasteiger partial charge in [-0.2, -0.15) is 0 Å². The van der Waals surface area contributed by atoms with Crippen LogP contribution in [-0.4, -0.2) is 12.5 Å². The zero-order valence-electron chi connectivity index (χ0n) is 12.9. The second-order valence-electron chi connectivity index (χ2n) is 5.77. The number of anilines is 1. The molecule has 2 aromatic rings. The van der Waals surface area contributed by atoms with Gasteiger partial charge >= 0.3 is 0 Å². The fourth-order valence-electron chi connectivity index (χ4n) is 2.21. The number of benzene rings is 2. The summed E-state index contributed by atoms with van der Waals surface area (Å²) in [5.41, 5.74) is 1.62. The smallest absolute Gasteiger partial charge is 0.258 e. The first-order valence-electron chi connectivity index (χ1n) is 7.22. The van der Waals surface area contributed by atoms with Crippen molar-refractivity contribution in [2.75, 3.05) is 11.4 Å². The lowest BCUT2D eigenvalue weighted by atomic mass is 10.1. The average molecular weight is 303 g/mol. The largest absolute Gasteiger partial charge is 0.305 e. The Labute approximate surface area is 129 Å². The maximum absolute atomic E-state index is 14.1. The minimum absolute atomic E-state index is 0.0978. The van der Waals surface area contributed by atoms with Crippen LogP contribution in [0.1, 0.15) is 29.8 Å². The molecule has 0 N–H and O–H groups in total. The molecule has 0 fully saturated rings. The predicted molar refractivity (Wildman–Crippen MR) is 84.1 cm³/mol. The number of carbonyl (C=O) groups is 1. The molecular weight excluding hydrogens is 284 g/mol. The van der Waals surface area contributed by atoms with E-state index in [-0.39, 0.29) is 17.5 Å². The zero-order chi connectivity index (χ0) is 16.3. The number of hydrogen-bond acceptors (Lipinski definition) is 1. The third-order valence-corrected chi connectivity index (χ3v) is 3.29. The molecule has 0 bridgehead atoms. The third-order valence-electron chi connectivity index (χ3n) is 3.29. The van der Waals surface area contributed by atoms with Crippen molar-refractivity contribution >= 4 is 11.6 Å². The average Bonchev–Trinajstić information content (AvgIpc) is 2.45. The summed E-state index contributed by atoms with van der Waals surface area (Å²) < 4.78 is 27.2. The van der Waals surface area contributed by atoms with Crippen LogP contribution in [0, 0.1) is 24.5 Å². The number of carbonyl (C=O) groups excluding carboxylic acids is 1. The molecule has 2 nitrogen and oxygen atoms in total. The number of rotatable bonds is 4. The molecule has 0 aliphatic carbocycles. The van der Waals surface area contributed by atoms with Crippen LogP contribution in [0.3, 0.4) is 0 Å². The molecule has 2 rings (SSSR count). The minimum Gasteiger partial charge on any atom is -0.305 e. The molecule has 0 unspecified atom stereocenters. The van der Waals surface area contributed by atoms with Crippen LogP contribution in [0.5, 0.6) is 0 Å². The van der Waals surface area contributed by atoms with Gasteiger partial charge in [0.2, 0.25) is 0 Å². The van der Waals surface area contributed by atoms with Gasteiger partial charge in [-0.3, -0.25) is 4.79 Å². The fraction of sp³-hybridized carbons (Fsp3) is 0.278. The molecule has 0 radical (unpaired) electrons. The highest BCUT2D eigenvalue weighted by Gasteiger charge is 2.21. The van der Waals surface area contributed by atoms with E-state index in [4.69, 9.17) is 0 Å². The van der Waals surface area contributed by atoms with E-state index in [1.165, 1.54) is 11.0 Å². The molecule has 4 heteroatoms. The van der Waals surface area contributed by atoms with Gasteiger partial charge in [0.15, 0.2) is 0 Å². The monoisotopic (exact) mass is 303 g/mol. The van der Waals surface area contributed by atoms with Gasteiger partial charge in [-0.15, -0.1) is 0 Å². The van der Waals surface area contributed by atoms with E-state index in [0.29, 0.717) is 12.1 Å². The first-order valence-corrected chi connectivity index (χ1v) is 7.22. The lowest BCUT2D eigenvalue weighted by Crippen LogP contribution is -2.35. The Morgan fingerprint density at radius 1 is 1.09 bits per heavy atom. The van der Waals surface area contributed by atoms with Crippen molar-refractivity contribution in [1.82, 2.24) is 0 Å². The molecule has 1 amide bonds. The van der Waals surface area contributed by atoms with Crippen LogP contribution in [0.25, 0.3) is 0 Å². The van der Waals surface area contributed by atoms with Crippen molar-refractivity contribution in [1.29, 1.82) is 0 Å². The summed E-state index contributed by atoms with van der Waals surface area (Å²) in [4.78, 5) is 14.1. The van der Waals surface area contributed by atoms with Crippen LogP contribution < -0.4 is 4.90 Å². The highest BCUT2D eigenvalue weighted by Crippen LogP contribution is 2.23. The molecule has 0 aliphatic heterocycles. The van der Waals surface area contributed by atoms with Crippen LogP contribution >= 0.6 is 0 Å². The van der Waals surface area contributed by atoms with Crippen molar-refractivity contribution < 1.29 is 13.6 Å². The summed E-state index contributed by atoms with van der Waals surface area (Å²) in [5.74, 6) is -1.53. The number of halogens is 2. The summed E-state index contributed by atoms with van der Waals surface area (Å²) in [6, 6.07) is 10.4. The zero-order valence-corrected chi connectivity index (χ0v) is 12.9. The molecule has 116 valence electrons. The van der Waals surface area contributed by atoms with E-state index in [2.05, 4.69) is 0 Å². The second-order valence-corrected chi connectivity index (χ2v) is 5.77. The van der Waals surface area contributed by atoms with Gasteiger partial charge in [0.1, 0.15) is 11.6 Å². The summed E-state index contributed by atoms with van der Waals surface area (Å²) >= 11 is 0. The van der Waals surface area contributed by atoms with Crippen LogP contribution in [0.4, 0.5) is 14.5 Å². The van der Waals surface area contributed by atoms with Gasteiger partial charge in [0.25, 0.3) is 5.91 Å². The van der Waals surface area contributed by atoms with Crippen molar-refractivity contribution in [3.8, 4) is 0 Å². The van der Waals surface area contributed by atoms with Crippen LogP contribution in [-0.2, 0) is 0 Å². The second kappa shape index (κ2) is 6.69. The number of nitrogens with zero attached hydrogens (tertiary/aromatic N) is 1. The van der Waals surface area contributed by atoms with Crippen molar-refractivity contribution in [2.45, 2.75) is 20.8 Å². The van der Waals surface area contributed by atoms with E-state index in [1.807, 2.05) is 32.9 Å². The summed E-state index contributed by atoms with van der Waals surface area (Å²) in [6.45, 7) is 6.17. The molecular formula is C18H19F2NO.